The first-order chi connectivity index (χ1) is 5.02. The molecule has 1 aromatic rings. The Kier molecular flexibility index (Phi) is 1.89. The predicted molar refractivity (Wildman–Crippen MR) is 40.7 cm³/mol. The van der Waals surface area contributed by atoms with Crippen LogP contribution in [0, 0.1) is 5.82 Å². The summed E-state index contributed by atoms with van der Waals surface area (Å²) >= 11 is 0. The van der Waals surface area contributed by atoms with Crippen molar-refractivity contribution in [2.75, 3.05) is 0 Å². The molecule has 2 nitrogen and oxygen atoms in total. The number of nitrogens with zero attached hydrogens (tertiary/aromatic N) is 2. The number of hydrogen-bond acceptors (Lipinski definition) is 2. The molecule has 0 aliphatic rings. The normalized spacial score (nSPS) is 11.6. The quantitative estimate of drug-likeness (QED) is 0.570. The number of aromatic nitrogens is 2. The molecule has 0 bridgehead atoms. The molecule has 0 aliphatic heterocycles. The second-order valence-corrected chi connectivity index (χ2v) is 3.50. The smallest absolute Gasteiger partial charge is 0.148 e. The maximum Gasteiger partial charge on any atom is 0.148 e. The minimum absolute atomic E-state index is 0.194. The van der Waals surface area contributed by atoms with Gasteiger partial charge in [-0.1, -0.05) is 20.8 Å². The summed E-state index contributed by atoms with van der Waals surface area (Å²) in [6.45, 7) is 5.81. The monoisotopic (exact) mass is 154 g/mol. The molecule has 0 aromatic carbocycles. The summed E-state index contributed by atoms with van der Waals surface area (Å²) in [7, 11) is 0. The van der Waals surface area contributed by atoms with E-state index in [1.54, 1.807) is 0 Å². The van der Waals surface area contributed by atoms with Gasteiger partial charge in [0.15, 0.2) is 0 Å². The van der Waals surface area contributed by atoms with Gasteiger partial charge in [0.2, 0.25) is 0 Å². The molecule has 11 heavy (non-hydrogen) atoms. The molecule has 0 N–H and O–H groups in total. The van der Waals surface area contributed by atoms with Crippen molar-refractivity contribution in [3.63, 3.8) is 0 Å². The van der Waals surface area contributed by atoms with Crippen molar-refractivity contribution in [1.29, 1.82) is 0 Å². The van der Waals surface area contributed by atoms with Crippen LogP contribution in [0.15, 0.2) is 12.4 Å². The van der Waals surface area contributed by atoms with Crippen LogP contribution in [0.25, 0.3) is 0 Å². The number of rotatable bonds is 0. The fourth-order valence-corrected chi connectivity index (χ4v) is 0.858. The van der Waals surface area contributed by atoms with Gasteiger partial charge in [-0.15, -0.1) is 0 Å². The molecular formula is C8H11FN2. The average Bonchev–Trinajstić information content (AvgIpc) is 1.86. The van der Waals surface area contributed by atoms with E-state index in [2.05, 4.69) is 10.2 Å². The summed E-state index contributed by atoms with van der Waals surface area (Å²) in [5.41, 5.74) is 0.410. The van der Waals surface area contributed by atoms with Gasteiger partial charge in [0.25, 0.3) is 0 Å². The number of halogens is 1. The zero-order valence-electron chi connectivity index (χ0n) is 6.93. The molecule has 0 saturated heterocycles. The Bertz CT molecular complexity index is 253. The standard InChI is InChI=1S/C8H11FN2/c1-8(2,3)6-4-10-11-5-7(6)9/h4-5H,1-3H3. The van der Waals surface area contributed by atoms with Crippen LogP contribution in [0.1, 0.15) is 26.3 Å². The minimum atomic E-state index is -0.285. The van der Waals surface area contributed by atoms with Crippen molar-refractivity contribution in [3.05, 3.63) is 23.8 Å². The van der Waals surface area contributed by atoms with Gasteiger partial charge < -0.3 is 0 Å². The Hall–Kier alpha value is -0.990. The summed E-state index contributed by atoms with van der Waals surface area (Å²) in [5, 5.41) is 7.06. The first-order valence-electron chi connectivity index (χ1n) is 3.48. The molecule has 0 unspecified atom stereocenters. The maximum atomic E-state index is 13.0. The van der Waals surface area contributed by atoms with E-state index in [0.29, 0.717) is 5.56 Å². The Balaban J connectivity index is 3.14. The Labute approximate surface area is 65.5 Å². The van der Waals surface area contributed by atoms with Gasteiger partial charge >= 0.3 is 0 Å². The van der Waals surface area contributed by atoms with Gasteiger partial charge in [-0.2, -0.15) is 10.2 Å². The number of hydrogen-bond donors (Lipinski definition) is 0. The molecule has 3 heteroatoms. The second kappa shape index (κ2) is 2.57. The van der Waals surface area contributed by atoms with Crippen molar-refractivity contribution in [2.24, 2.45) is 0 Å². The lowest BCUT2D eigenvalue weighted by Crippen LogP contribution is -2.14. The van der Waals surface area contributed by atoms with Crippen LogP contribution >= 0.6 is 0 Å². The van der Waals surface area contributed by atoms with Crippen molar-refractivity contribution >= 4 is 0 Å². The minimum Gasteiger partial charge on any atom is -0.205 e. The van der Waals surface area contributed by atoms with E-state index in [0.717, 1.165) is 6.20 Å². The third-order valence-electron chi connectivity index (χ3n) is 1.49. The van der Waals surface area contributed by atoms with Crippen LogP contribution in [-0.2, 0) is 5.41 Å². The van der Waals surface area contributed by atoms with Crippen LogP contribution in [0.3, 0.4) is 0 Å². The van der Waals surface area contributed by atoms with Crippen molar-refractivity contribution < 1.29 is 4.39 Å². The lowest BCUT2D eigenvalue weighted by molar-refractivity contribution is 0.512. The van der Waals surface area contributed by atoms with E-state index in [-0.39, 0.29) is 11.2 Å². The molecule has 1 rings (SSSR count). The fraction of sp³-hybridized carbons (Fsp3) is 0.500. The lowest BCUT2D eigenvalue weighted by Gasteiger charge is -2.17. The lowest BCUT2D eigenvalue weighted by atomic mass is 9.88. The molecule has 0 saturated carbocycles. The summed E-state index contributed by atoms with van der Waals surface area (Å²) in [4.78, 5) is 0. The van der Waals surface area contributed by atoms with Crippen LogP contribution < -0.4 is 0 Å². The molecule has 0 aliphatic carbocycles. The van der Waals surface area contributed by atoms with E-state index < -0.39 is 0 Å². The molecule has 0 radical (unpaired) electrons. The first kappa shape index (κ1) is 8.11. The van der Waals surface area contributed by atoms with Gasteiger partial charge in [0.1, 0.15) is 5.82 Å². The summed E-state index contributed by atoms with van der Waals surface area (Å²) in [5.74, 6) is -0.285. The molecular weight excluding hydrogens is 143 g/mol. The SMILES string of the molecule is CC(C)(C)c1cnncc1F. The van der Waals surface area contributed by atoms with Crippen molar-refractivity contribution in [1.82, 2.24) is 10.2 Å². The highest BCUT2D eigenvalue weighted by Crippen LogP contribution is 2.22. The zero-order chi connectivity index (χ0) is 8.48. The Morgan fingerprint density at radius 3 is 2.09 bits per heavy atom. The van der Waals surface area contributed by atoms with E-state index in [9.17, 15) is 4.39 Å². The van der Waals surface area contributed by atoms with Gasteiger partial charge in [-0.3, -0.25) is 0 Å². The molecule has 0 spiro atoms. The maximum absolute atomic E-state index is 13.0. The first-order valence-corrected chi connectivity index (χ1v) is 3.48. The third kappa shape index (κ3) is 1.73. The van der Waals surface area contributed by atoms with Crippen LogP contribution in [0.2, 0.25) is 0 Å². The topological polar surface area (TPSA) is 25.8 Å². The summed E-state index contributed by atoms with van der Waals surface area (Å²) in [6.07, 6.45) is 2.61. The molecule has 1 aromatic heterocycles. The van der Waals surface area contributed by atoms with Crippen LogP contribution in [-0.4, -0.2) is 10.2 Å². The van der Waals surface area contributed by atoms with Crippen molar-refractivity contribution in [2.45, 2.75) is 26.2 Å². The Morgan fingerprint density at radius 2 is 1.73 bits per heavy atom. The van der Waals surface area contributed by atoms with Gasteiger partial charge in [-0.05, 0) is 5.41 Å². The largest absolute Gasteiger partial charge is 0.205 e. The summed E-state index contributed by atoms with van der Waals surface area (Å²) in [6, 6.07) is 0. The summed E-state index contributed by atoms with van der Waals surface area (Å²) < 4.78 is 13.0. The molecule has 0 atom stereocenters. The van der Waals surface area contributed by atoms with E-state index in [1.807, 2.05) is 20.8 Å². The highest BCUT2D eigenvalue weighted by molar-refractivity contribution is 5.18. The molecule has 0 amide bonds. The second-order valence-electron chi connectivity index (χ2n) is 3.50. The zero-order valence-corrected chi connectivity index (χ0v) is 6.93. The fourth-order valence-electron chi connectivity index (χ4n) is 0.858. The predicted octanol–water partition coefficient (Wildman–Crippen LogP) is 1.91. The molecule has 60 valence electrons. The van der Waals surface area contributed by atoms with Crippen LogP contribution in [0.4, 0.5) is 4.39 Å². The average molecular weight is 154 g/mol. The van der Waals surface area contributed by atoms with E-state index >= 15 is 0 Å². The molecule has 1 heterocycles. The van der Waals surface area contributed by atoms with Crippen LogP contribution in [0.5, 0.6) is 0 Å². The van der Waals surface area contributed by atoms with Gasteiger partial charge in [-0.25, -0.2) is 4.39 Å². The highest BCUT2D eigenvalue weighted by atomic mass is 19.1. The molecule has 0 fully saturated rings. The highest BCUT2D eigenvalue weighted by Gasteiger charge is 2.18. The Morgan fingerprint density at radius 1 is 1.18 bits per heavy atom. The van der Waals surface area contributed by atoms with E-state index in [4.69, 9.17) is 0 Å². The van der Waals surface area contributed by atoms with E-state index in [1.165, 1.54) is 6.20 Å². The third-order valence-corrected chi connectivity index (χ3v) is 1.49. The van der Waals surface area contributed by atoms with Gasteiger partial charge in [0, 0.05) is 5.56 Å². The van der Waals surface area contributed by atoms with Gasteiger partial charge in [0.05, 0.1) is 12.4 Å². The van der Waals surface area contributed by atoms with Crippen molar-refractivity contribution in [3.8, 4) is 0 Å².